The van der Waals surface area contributed by atoms with Crippen molar-refractivity contribution in [3.8, 4) is 0 Å². The second-order valence-electron chi connectivity index (χ2n) is 9.78. The van der Waals surface area contributed by atoms with Crippen LogP contribution in [0.2, 0.25) is 0 Å². The van der Waals surface area contributed by atoms with Crippen LogP contribution in [0.15, 0.2) is 24.3 Å². The fourth-order valence-corrected chi connectivity index (χ4v) is 5.89. The van der Waals surface area contributed by atoms with E-state index in [-0.39, 0.29) is 29.5 Å². The van der Waals surface area contributed by atoms with Gasteiger partial charge in [0.05, 0.1) is 11.7 Å². The van der Waals surface area contributed by atoms with Crippen LogP contribution in [-0.2, 0) is 11.0 Å². The second-order valence-corrected chi connectivity index (χ2v) is 9.78. The molecule has 2 atom stereocenters. The van der Waals surface area contributed by atoms with Crippen molar-refractivity contribution in [3.63, 3.8) is 0 Å². The topological polar surface area (TPSA) is 72.9 Å². The summed E-state index contributed by atoms with van der Waals surface area (Å²) in [4.78, 5) is 28.4. The number of aliphatic hydroxyl groups is 1. The molecule has 9 heteroatoms. The Balaban J connectivity index is 1.59. The molecule has 0 aromatic heterocycles. The maximum atomic E-state index is 13.4. The fourth-order valence-electron chi connectivity index (χ4n) is 5.89. The van der Waals surface area contributed by atoms with Gasteiger partial charge in [-0.1, -0.05) is 25.0 Å². The number of carbonyl (C=O) groups is 2. The van der Waals surface area contributed by atoms with E-state index in [1.807, 2.05) is 0 Å². The van der Waals surface area contributed by atoms with E-state index in [1.165, 1.54) is 12.1 Å². The molecule has 1 aromatic carbocycles. The lowest BCUT2D eigenvalue weighted by Gasteiger charge is -2.47. The minimum atomic E-state index is -4.39. The van der Waals surface area contributed by atoms with Gasteiger partial charge in [-0.15, -0.1) is 0 Å². The van der Waals surface area contributed by atoms with E-state index in [0.717, 1.165) is 49.8 Å². The number of nitrogens with one attached hydrogen (secondary N) is 1. The lowest BCUT2D eigenvalue weighted by Crippen LogP contribution is -2.58. The summed E-state index contributed by atoms with van der Waals surface area (Å²) in [6.45, 7) is 1.92. The Kier molecular flexibility index (Phi) is 6.88. The van der Waals surface area contributed by atoms with Gasteiger partial charge in [0, 0.05) is 43.6 Å². The third kappa shape index (κ3) is 5.13. The van der Waals surface area contributed by atoms with Gasteiger partial charge in [-0.05, 0) is 49.8 Å². The van der Waals surface area contributed by atoms with Gasteiger partial charge in [-0.25, -0.2) is 4.79 Å². The van der Waals surface area contributed by atoms with Crippen LogP contribution in [0.3, 0.4) is 0 Å². The molecule has 0 spiro atoms. The number of hydrogen-bond donors (Lipinski definition) is 2. The van der Waals surface area contributed by atoms with E-state index in [1.54, 1.807) is 9.80 Å². The minimum absolute atomic E-state index is 0.0190. The molecule has 2 N–H and O–H groups in total. The SMILES string of the molecule is O=CNC1(C2CC(c3ccc(C(F)(F)F)cc3)CN(C(=O)N3CCC(O)CC3)C2)CCCC1. The van der Waals surface area contributed by atoms with Crippen LogP contribution in [0.25, 0.3) is 0 Å². The maximum Gasteiger partial charge on any atom is 0.416 e. The van der Waals surface area contributed by atoms with E-state index < -0.39 is 11.7 Å². The number of urea groups is 1. The first-order valence-corrected chi connectivity index (χ1v) is 11.8. The highest BCUT2D eigenvalue weighted by atomic mass is 19.4. The first-order chi connectivity index (χ1) is 15.7. The van der Waals surface area contributed by atoms with Crippen molar-refractivity contribution in [1.82, 2.24) is 15.1 Å². The summed E-state index contributed by atoms with van der Waals surface area (Å²) >= 11 is 0. The smallest absolute Gasteiger partial charge is 0.393 e. The molecule has 4 rings (SSSR count). The summed E-state index contributed by atoms with van der Waals surface area (Å²) in [6.07, 6.45) is 1.43. The van der Waals surface area contributed by atoms with Gasteiger partial charge in [0.1, 0.15) is 0 Å². The Bertz CT molecular complexity index is 832. The van der Waals surface area contributed by atoms with Crippen molar-refractivity contribution in [1.29, 1.82) is 0 Å². The van der Waals surface area contributed by atoms with Crippen LogP contribution < -0.4 is 5.32 Å². The zero-order chi connectivity index (χ0) is 23.6. The number of benzene rings is 1. The average molecular weight is 468 g/mol. The number of amides is 3. The average Bonchev–Trinajstić information content (AvgIpc) is 3.28. The van der Waals surface area contributed by atoms with Gasteiger partial charge >= 0.3 is 12.2 Å². The number of aliphatic hydroxyl groups excluding tert-OH is 1. The van der Waals surface area contributed by atoms with Crippen molar-refractivity contribution in [2.75, 3.05) is 26.2 Å². The highest BCUT2D eigenvalue weighted by Gasteiger charge is 2.46. The maximum absolute atomic E-state index is 13.4. The predicted molar refractivity (Wildman–Crippen MR) is 116 cm³/mol. The van der Waals surface area contributed by atoms with E-state index in [9.17, 15) is 27.9 Å². The zero-order valence-corrected chi connectivity index (χ0v) is 18.7. The molecule has 1 aliphatic carbocycles. The molecule has 33 heavy (non-hydrogen) atoms. The molecule has 3 amide bonds. The molecular weight excluding hydrogens is 435 g/mol. The summed E-state index contributed by atoms with van der Waals surface area (Å²) in [7, 11) is 0. The lowest BCUT2D eigenvalue weighted by atomic mass is 9.73. The number of likely N-dealkylation sites (tertiary alicyclic amines) is 2. The summed E-state index contributed by atoms with van der Waals surface area (Å²) in [5, 5.41) is 12.9. The second kappa shape index (κ2) is 9.52. The standard InChI is InChI=1S/C24H32F3N3O3/c25-24(26,27)19-5-3-17(4-6-19)18-13-20(23(28-16-31)9-1-2-10-23)15-30(14-18)22(33)29-11-7-21(32)8-12-29/h3-6,16,18,20-21,32H,1-2,7-15H2,(H,28,31). The molecule has 2 heterocycles. The largest absolute Gasteiger partial charge is 0.416 e. The Morgan fingerprint density at radius 2 is 1.70 bits per heavy atom. The summed E-state index contributed by atoms with van der Waals surface area (Å²) in [6, 6.07) is 5.15. The number of carbonyl (C=O) groups excluding carboxylic acids is 2. The predicted octanol–water partition coefficient (Wildman–Crippen LogP) is 3.75. The first-order valence-electron chi connectivity index (χ1n) is 11.8. The third-order valence-corrected chi connectivity index (χ3v) is 7.79. The third-order valence-electron chi connectivity index (χ3n) is 7.79. The van der Waals surface area contributed by atoms with Gasteiger partial charge in [0.25, 0.3) is 0 Å². The molecule has 3 aliphatic rings. The lowest BCUT2D eigenvalue weighted by molar-refractivity contribution is -0.137. The van der Waals surface area contributed by atoms with Crippen molar-refractivity contribution < 1.29 is 27.9 Å². The van der Waals surface area contributed by atoms with Crippen molar-refractivity contribution in [2.24, 2.45) is 5.92 Å². The van der Waals surface area contributed by atoms with Crippen LogP contribution in [0.4, 0.5) is 18.0 Å². The fraction of sp³-hybridized carbons (Fsp3) is 0.667. The normalized spacial score (nSPS) is 26.3. The van der Waals surface area contributed by atoms with E-state index in [0.29, 0.717) is 45.4 Å². The van der Waals surface area contributed by atoms with Crippen molar-refractivity contribution >= 4 is 12.4 Å². The van der Waals surface area contributed by atoms with E-state index in [4.69, 9.17) is 0 Å². The molecule has 2 aliphatic heterocycles. The molecule has 1 saturated carbocycles. The highest BCUT2D eigenvalue weighted by molar-refractivity contribution is 5.75. The van der Waals surface area contributed by atoms with Gasteiger partial charge in [-0.2, -0.15) is 13.2 Å². The molecule has 1 aromatic rings. The van der Waals surface area contributed by atoms with E-state index in [2.05, 4.69) is 5.32 Å². The summed E-state index contributed by atoms with van der Waals surface area (Å²) < 4.78 is 39.1. The Morgan fingerprint density at radius 3 is 2.27 bits per heavy atom. The van der Waals surface area contributed by atoms with Gasteiger partial charge in [0.15, 0.2) is 0 Å². The number of hydrogen-bond acceptors (Lipinski definition) is 3. The number of alkyl halides is 3. The zero-order valence-electron chi connectivity index (χ0n) is 18.7. The Hall–Kier alpha value is -2.29. The number of piperidine rings is 2. The van der Waals surface area contributed by atoms with Crippen molar-refractivity contribution in [3.05, 3.63) is 35.4 Å². The van der Waals surface area contributed by atoms with Gasteiger partial charge in [-0.3, -0.25) is 4.79 Å². The molecule has 3 fully saturated rings. The van der Waals surface area contributed by atoms with Gasteiger partial charge in [0.2, 0.25) is 6.41 Å². The van der Waals surface area contributed by atoms with E-state index >= 15 is 0 Å². The molecular formula is C24H32F3N3O3. The first kappa shape index (κ1) is 23.9. The molecule has 0 radical (unpaired) electrons. The van der Waals surface area contributed by atoms with Gasteiger partial charge < -0.3 is 20.2 Å². The monoisotopic (exact) mass is 467 g/mol. The van der Waals surface area contributed by atoms with Crippen LogP contribution in [0, 0.1) is 5.92 Å². The Morgan fingerprint density at radius 1 is 1.06 bits per heavy atom. The number of nitrogens with zero attached hydrogens (tertiary/aromatic N) is 2. The minimum Gasteiger partial charge on any atom is -0.393 e. The van der Waals surface area contributed by atoms with Crippen molar-refractivity contribution in [2.45, 2.75) is 68.7 Å². The molecule has 2 unspecified atom stereocenters. The molecule has 6 nitrogen and oxygen atoms in total. The van der Waals surface area contributed by atoms with Crippen LogP contribution in [0.1, 0.15) is 62.0 Å². The molecule has 182 valence electrons. The van der Waals surface area contributed by atoms with Crippen LogP contribution in [-0.4, -0.2) is 65.2 Å². The molecule has 2 saturated heterocycles. The number of rotatable bonds is 4. The summed E-state index contributed by atoms with van der Waals surface area (Å²) in [5.41, 5.74) is -0.296. The summed E-state index contributed by atoms with van der Waals surface area (Å²) in [5.74, 6) is -0.0955. The highest BCUT2D eigenvalue weighted by Crippen LogP contribution is 2.44. The number of halogens is 3. The quantitative estimate of drug-likeness (QED) is 0.663. The van der Waals surface area contributed by atoms with Crippen LogP contribution >= 0.6 is 0 Å². The van der Waals surface area contributed by atoms with Crippen LogP contribution in [0.5, 0.6) is 0 Å². The Labute approximate surface area is 192 Å². The molecule has 0 bridgehead atoms.